The molecule has 0 aliphatic carbocycles. The molecule has 32 heavy (non-hydrogen) atoms. The van der Waals surface area contributed by atoms with Crippen LogP contribution < -0.4 is 19.5 Å². The Bertz CT molecular complexity index is 1180. The Morgan fingerprint density at radius 3 is 2.41 bits per heavy atom. The van der Waals surface area contributed by atoms with E-state index in [0.29, 0.717) is 36.6 Å². The molecule has 4 aromatic rings. The summed E-state index contributed by atoms with van der Waals surface area (Å²) in [5, 5.41) is 4.08. The van der Waals surface area contributed by atoms with Crippen LogP contribution in [0.1, 0.15) is 21.5 Å². The minimum absolute atomic E-state index is 0.226. The number of benzene rings is 3. The molecule has 0 unspecified atom stereocenters. The van der Waals surface area contributed by atoms with Gasteiger partial charge in [0, 0.05) is 29.7 Å². The SMILES string of the molecule is COc1cccc(OC)c1C(=O)NCCc1c[nH]c2cc(OCc3ccccc3)ccc12. The summed E-state index contributed by atoms with van der Waals surface area (Å²) < 4.78 is 16.6. The molecule has 1 amide bonds. The van der Waals surface area contributed by atoms with Crippen molar-refractivity contribution >= 4 is 16.8 Å². The van der Waals surface area contributed by atoms with E-state index in [0.717, 1.165) is 27.8 Å². The second kappa shape index (κ2) is 9.92. The minimum Gasteiger partial charge on any atom is -0.496 e. The van der Waals surface area contributed by atoms with Gasteiger partial charge < -0.3 is 24.5 Å². The van der Waals surface area contributed by atoms with Crippen LogP contribution in [0.15, 0.2) is 72.9 Å². The first-order valence-electron chi connectivity index (χ1n) is 10.5. The maximum Gasteiger partial charge on any atom is 0.258 e. The number of aromatic nitrogens is 1. The predicted molar refractivity (Wildman–Crippen MR) is 125 cm³/mol. The number of carbonyl (C=O) groups is 1. The van der Waals surface area contributed by atoms with Gasteiger partial charge in [-0.25, -0.2) is 0 Å². The lowest BCUT2D eigenvalue weighted by molar-refractivity contribution is 0.0948. The van der Waals surface area contributed by atoms with Gasteiger partial charge in [0.05, 0.1) is 14.2 Å². The summed E-state index contributed by atoms with van der Waals surface area (Å²) in [5.41, 5.74) is 3.66. The fourth-order valence-corrected chi connectivity index (χ4v) is 3.68. The van der Waals surface area contributed by atoms with E-state index < -0.39 is 0 Å². The zero-order chi connectivity index (χ0) is 22.3. The van der Waals surface area contributed by atoms with Gasteiger partial charge in [-0.15, -0.1) is 0 Å². The van der Waals surface area contributed by atoms with Crippen molar-refractivity contribution in [3.63, 3.8) is 0 Å². The predicted octanol–water partition coefficient (Wildman–Crippen LogP) is 4.74. The Hall–Kier alpha value is -3.93. The third-order valence-electron chi connectivity index (χ3n) is 5.32. The Kier molecular flexibility index (Phi) is 6.60. The Morgan fingerprint density at radius 2 is 1.69 bits per heavy atom. The summed E-state index contributed by atoms with van der Waals surface area (Å²) in [4.78, 5) is 16.0. The lowest BCUT2D eigenvalue weighted by Crippen LogP contribution is -2.26. The maximum absolute atomic E-state index is 12.7. The maximum atomic E-state index is 12.7. The van der Waals surface area contributed by atoms with Crippen LogP contribution in [0.4, 0.5) is 0 Å². The largest absolute Gasteiger partial charge is 0.496 e. The molecule has 1 aromatic heterocycles. The molecule has 0 saturated carbocycles. The van der Waals surface area contributed by atoms with Crippen molar-refractivity contribution in [2.75, 3.05) is 20.8 Å². The standard InChI is InChI=1S/C26H26N2O4/c1-30-23-9-6-10-24(31-2)25(23)26(29)27-14-13-19-16-28-22-15-20(11-12-21(19)22)32-17-18-7-4-3-5-8-18/h3-12,15-16,28H,13-14,17H2,1-2H3,(H,27,29). The van der Waals surface area contributed by atoms with Gasteiger partial charge >= 0.3 is 0 Å². The molecule has 0 aliphatic rings. The highest BCUT2D eigenvalue weighted by Crippen LogP contribution is 2.28. The summed E-state index contributed by atoms with van der Waals surface area (Å²) >= 11 is 0. The summed E-state index contributed by atoms with van der Waals surface area (Å²) in [7, 11) is 3.07. The molecule has 6 nitrogen and oxygen atoms in total. The summed E-state index contributed by atoms with van der Waals surface area (Å²) in [6.07, 6.45) is 2.66. The highest BCUT2D eigenvalue weighted by Gasteiger charge is 2.17. The number of carbonyl (C=O) groups excluding carboxylic acids is 1. The minimum atomic E-state index is -0.226. The third-order valence-corrected chi connectivity index (χ3v) is 5.32. The highest BCUT2D eigenvalue weighted by molar-refractivity contribution is 5.99. The molecule has 0 spiro atoms. The molecule has 2 N–H and O–H groups in total. The summed E-state index contributed by atoms with van der Waals surface area (Å²) in [6, 6.07) is 21.4. The summed E-state index contributed by atoms with van der Waals surface area (Å²) in [6.45, 7) is 1.01. The van der Waals surface area contributed by atoms with E-state index in [1.54, 1.807) is 18.2 Å². The van der Waals surface area contributed by atoms with Gasteiger partial charge in [-0.2, -0.15) is 0 Å². The first-order valence-corrected chi connectivity index (χ1v) is 10.5. The van der Waals surface area contributed by atoms with Crippen molar-refractivity contribution in [2.24, 2.45) is 0 Å². The van der Waals surface area contributed by atoms with Crippen LogP contribution in [0.2, 0.25) is 0 Å². The van der Waals surface area contributed by atoms with Crippen molar-refractivity contribution in [1.82, 2.24) is 10.3 Å². The molecule has 164 valence electrons. The van der Waals surface area contributed by atoms with Crippen LogP contribution in [-0.4, -0.2) is 31.7 Å². The van der Waals surface area contributed by atoms with E-state index in [-0.39, 0.29) is 5.91 Å². The quantitative estimate of drug-likeness (QED) is 0.402. The summed E-state index contributed by atoms with van der Waals surface area (Å²) in [5.74, 6) is 1.55. The number of hydrogen-bond donors (Lipinski definition) is 2. The third kappa shape index (κ3) is 4.70. The molecule has 6 heteroatoms. The van der Waals surface area contributed by atoms with Crippen molar-refractivity contribution in [1.29, 1.82) is 0 Å². The van der Waals surface area contributed by atoms with Gasteiger partial charge in [0.1, 0.15) is 29.4 Å². The average Bonchev–Trinajstić information content (AvgIpc) is 3.24. The molecule has 0 atom stereocenters. The number of aromatic amines is 1. The molecule has 4 rings (SSSR count). The van der Waals surface area contributed by atoms with E-state index >= 15 is 0 Å². The van der Waals surface area contributed by atoms with Crippen LogP contribution in [0.3, 0.4) is 0 Å². The van der Waals surface area contributed by atoms with Crippen LogP contribution in [0.5, 0.6) is 17.2 Å². The Morgan fingerprint density at radius 1 is 0.938 bits per heavy atom. The van der Waals surface area contributed by atoms with E-state index in [2.05, 4.69) is 10.3 Å². The van der Waals surface area contributed by atoms with E-state index in [4.69, 9.17) is 14.2 Å². The van der Waals surface area contributed by atoms with Crippen LogP contribution in [-0.2, 0) is 13.0 Å². The zero-order valence-corrected chi connectivity index (χ0v) is 18.2. The van der Waals surface area contributed by atoms with E-state index in [1.807, 2.05) is 54.7 Å². The number of ether oxygens (including phenoxy) is 3. The molecule has 0 bridgehead atoms. The number of methoxy groups -OCH3 is 2. The van der Waals surface area contributed by atoms with Gasteiger partial charge in [0.2, 0.25) is 0 Å². The number of nitrogens with one attached hydrogen (secondary N) is 2. The second-order valence-corrected chi connectivity index (χ2v) is 7.34. The second-order valence-electron chi connectivity index (χ2n) is 7.34. The zero-order valence-electron chi connectivity index (χ0n) is 18.2. The van der Waals surface area contributed by atoms with E-state index in [9.17, 15) is 4.79 Å². The number of fused-ring (bicyclic) bond motifs is 1. The number of amides is 1. The highest BCUT2D eigenvalue weighted by atomic mass is 16.5. The van der Waals surface area contributed by atoms with Gasteiger partial charge in [-0.3, -0.25) is 4.79 Å². The van der Waals surface area contributed by atoms with E-state index in [1.165, 1.54) is 14.2 Å². The number of hydrogen-bond acceptors (Lipinski definition) is 4. The number of rotatable bonds is 9. The molecule has 3 aromatic carbocycles. The molecular formula is C26H26N2O4. The first-order chi connectivity index (χ1) is 15.7. The van der Waals surface area contributed by atoms with Gasteiger partial charge in [0.25, 0.3) is 5.91 Å². The molecular weight excluding hydrogens is 404 g/mol. The van der Waals surface area contributed by atoms with Gasteiger partial charge in [-0.1, -0.05) is 36.4 Å². The molecule has 1 heterocycles. The monoisotopic (exact) mass is 430 g/mol. The van der Waals surface area contributed by atoms with Gasteiger partial charge in [-0.05, 0) is 41.8 Å². The first kappa shape index (κ1) is 21.3. The molecule has 0 radical (unpaired) electrons. The smallest absolute Gasteiger partial charge is 0.258 e. The average molecular weight is 431 g/mol. The van der Waals surface area contributed by atoms with Crippen molar-refractivity contribution in [3.8, 4) is 17.2 Å². The van der Waals surface area contributed by atoms with Crippen LogP contribution >= 0.6 is 0 Å². The van der Waals surface area contributed by atoms with Crippen molar-refractivity contribution < 1.29 is 19.0 Å². The topological polar surface area (TPSA) is 72.6 Å². The Balaban J connectivity index is 1.38. The normalized spacial score (nSPS) is 10.7. The van der Waals surface area contributed by atoms with Gasteiger partial charge in [0.15, 0.2) is 0 Å². The number of H-pyrrole nitrogens is 1. The van der Waals surface area contributed by atoms with Crippen LogP contribution in [0.25, 0.3) is 10.9 Å². The van der Waals surface area contributed by atoms with Crippen LogP contribution in [0, 0.1) is 0 Å². The molecule has 0 fully saturated rings. The fraction of sp³-hybridized carbons (Fsp3) is 0.192. The fourth-order valence-electron chi connectivity index (χ4n) is 3.68. The Labute approximate surface area is 187 Å². The van der Waals surface area contributed by atoms with Crippen molar-refractivity contribution in [3.05, 3.63) is 89.6 Å². The molecule has 0 aliphatic heterocycles. The molecule has 0 saturated heterocycles. The lowest BCUT2D eigenvalue weighted by atomic mass is 10.1. The van der Waals surface area contributed by atoms with Crippen molar-refractivity contribution in [2.45, 2.75) is 13.0 Å². The lowest BCUT2D eigenvalue weighted by Gasteiger charge is -2.13.